The van der Waals surface area contributed by atoms with Crippen LogP contribution in [0.2, 0.25) is 0 Å². The lowest BCUT2D eigenvalue weighted by Gasteiger charge is -2.12. The lowest BCUT2D eigenvalue weighted by Crippen LogP contribution is -2.22. The van der Waals surface area contributed by atoms with Gasteiger partial charge in [-0.15, -0.1) is 0 Å². The van der Waals surface area contributed by atoms with Crippen LogP contribution in [0.5, 0.6) is 11.5 Å². The van der Waals surface area contributed by atoms with Crippen LogP contribution in [0.1, 0.15) is 23.0 Å². The number of phenols is 1. The minimum Gasteiger partial charge on any atom is -0.507 e. The first-order chi connectivity index (χ1) is 12.0. The minimum absolute atomic E-state index is 0.0935. The summed E-state index contributed by atoms with van der Waals surface area (Å²) in [5, 5.41) is 26.9. The molecule has 3 rings (SSSR count). The van der Waals surface area contributed by atoms with E-state index in [1.54, 1.807) is 13.0 Å². The highest BCUT2D eigenvalue weighted by molar-refractivity contribution is 5.97. The van der Waals surface area contributed by atoms with Crippen molar-refractivity contribution in [2.45, 2.75) is 13.8 Å². The zero-order valence-corrected chi connectivity index (χ0v) is 13.9. The monoisotopic (exact) mass is 338 g/mol. The molecule has 0 atom stereocenters. The molecule has 128 valence electrons. The molecule has 0 aliphatic carbocycles. The van der Waals surface area contributed by atoms with Crippen molar-refractivity contribution in [3.8, 4) is 33.9 Å². The standard InChI is InChI=1S/C19H18N2O4/c1-3-20-19(24)16-17(23)18(25-21-16)13-9-10-14(22)15(11(13)2)12-7-5-4-6-8-12/h4-10,22-23H,3H2,1-2H3,(H,20,24). The van der Waals surface area contributed by atoms with Crippen molar-refractivity contribution in [2.24, 2.45) is 0 Å². The van der Waals surface area contributed by atoms with Gasteiger partial charge in [-0.25, -0.2) is 0 Å². The van der Waals surface area contributed by atoms with Crippen LogP contribution in [-0.4, -0.2) is 27.8 Å². The fourth-order valence-electron chi connectivity index (χ4n) is 2.77. The number of amides is 1. The van der Waals surface area contributed by atoms with Crippen LogP contribution in [0.3, 0.4) is 0 Å². The van der Waals surface area contributed by atoms with Crippen molar-refractivity contribution in [1.29, 1.82) is 0 Å². The van der Waals surface area contributed by atoms with Gasteiger partial charge in [-0.05, 0) is 37.1 Å². The van der Waals surface area contributed by atoms with Gasteiger partial charge in [0.05, 0.1) is 0 Å². The van der Waals surface area contributed by atoms with E-state index in [4.69, 9.17) is 4.52 Å². The van der Waals surface area contributed by atoms with Gasteiger partial charge < -0.3 is 20.1 Å². The largest absolute Gasteiger partial charge is 0.507 e. The van der Waals surface area contributed by atoms with E-state index in [2.05, 4.69) is 10.5 Å². The van der Waals surface area contributed by atoms with Crippen LogP contribution in [-0.2, 0) is 0 Å². The average molecular weight is 338 g/mol. The fraction of sp³-hybridized carbons (Fsp3) is 0.158. The number of nitrogens with zero attached hydrogens (tertiary/aromatic N) is 1. The van der Waals surface area contributed by atoms with Gasteiger partial charge in [0.2, 0.25) is 11.5 Å². The van der Waals surface area contributed by atoms with E-state index in [9.17, 15) is 15.0 Å². The number of carbonyl (C=O) groups excluding carboxylic acids is 1. The lowest BCUT2D eigenvalue weighted by atomic mass is 9.94. The highest BCUT2D eigenvalue weighted by Gasteiger charge is 2.24. The quantitative estimate of drug-likeness (QED) is 0.677. The van der Waals surface area contributed by atoms with E-state index in [-0.39, 0.29) is 23.0 Å². The fourth-order valence-corrected chi connectivity index (χ4v) is 2.77. The number of hydrogen-bond donors (Lipinski definition) is 3. The number of rotatable bonds is 4. The second-order valence-corrected chi connectivity index (χ2v) is 5.57. The van der Waals surface area contributed by atoms with E-state index in [1.165, 1.54) is 6.07 Å². The van der Waals surface area contributed by atoms with Gasteiger partial charge in [0, 0.05) is 17.7 Å². The van der Waals surface area contributed by atoms with E-state index in [0.29, 0.717) is 23.2 Å². The molecule has 0 radical (unpaired) electrons. The Morgan fingerprint density at radius 2 is 1.88 bits per heavy atom. The molecular formula is C19H18N2O4. The Bertz CT molecular complexity index is 917. The van der Waals surface area contributed by atoms with Crippen molar-refractivity contribution in [3.05, 3.63) is 53.7 Å². The third-order valence-electron chi connectivity index (χ3n) is 3.97. The Morgan fingerprint density at radius 1 is 1.16 bits per heavy atom. The smallest absolute Gasteiger partial charge is 0.277 e. The topological polar surface area (TPSA) is 95.6 Å². The number of nitrogens with one attached hydrogen (secondary N) is 1. The van der Waals surface area contributed by atoms with Crippen LogP contribution >= 0.6 is 0 Å². The molecule has 6 heteroatoms. The molecule has 25 heavy (non-hydrogen) atoms. The number of aromatic nitrogens is 1. The molecule has 0 aliphatic heterocycles. The number of benzene rings is 2. The lowest BCUT2D eigenvalue weighted by molar-refractivity contribution is 0.0944. The maximum Gasteiger partial charge on any atom is 0.277 e. The molecule has 1 heterocycles. The predicted octanol–water partition coefficient (Wildman–Crippen LogP) is 3.48. The maximum atomic E-state index is 11.9. The maximum absolute atomic E-state index is 11.9. The molecule has 0 spiro atoms. The minimum atomic E-state index is -0.505. The molecular weight excluding hydrogens is 320 g/mol. The summed E-state index contributed by atoms with van der Waals surface area (Å²) in [7, 11) is 0. The highest BCUT2D eigenvalue weighted by atomic mass is 16.5. The molecule has 1 aromatic heterocycles. The van der Waals surface area contributed by atoms with Crippen molar-refractivity contribution >= 4 is 5.91 Å². The highest BCUT2D eigenvalue weighted by Crippen LogP contribution is 2.41. The van der Waals surface area contributed by atoms with Crippen LogP contribution < -0.4 is 5.32 Å². The number of phenolic OH excluding ortho intramolecular Hbond substituents is 1. The van der Waals surface area contributed by atoms with Crippen molar-refractivity contribution in [3.63, 3.8) is 0 Å². The first-order valence-electron chi connectivity index (χ1n) is 7.89. The summed E-state index contributed by atoms with van der Waals surface area (Å²) in [5.41, 5.74) is 2.57. The van der Waals surface area contributed by atoms with Crippen LogP contribution in [0.25, 0.3) is 22.5 Å². The second kappa shape index (κ2) is 6.68. The molecule has 0 aliphatic rings. The average Bonchev–Trinajstić information content (AvgIpc) is 2.98. The van der Waals surface area contributed by atoms with E-state index in [0.717, 1.165) is 5.56 Å². The van der Waals surface area contributed by atoms with Gasteiger partial charge in [-0.1, -0.05) is 35.5 Å². The summed E-state index contributed by atoms with van der Waals surface area (Å²) < 4.78 is 5.22. The van der Waals surface area contributed by atoms with E-state index >= 15 is 0 Å². The Kier molecular flexibility index (Phi) is 4.43. The number of aromatic hydroxyl groups is 2. The molecule has 3 aromatic rings. The van der Waals surface area contributed by atoms with E-state index < -0.39 is 5.91 Å². The van der Waals surface area contributed by atoms with Gasteiger partial charge in [-0.2, -0.15) is 0 Å². The molecule has 0 fully saturated rings. The summed E-state index contributed by atoms with van der Waals surface area (Å²) >= 11 is 0. The summed E-state index contributed by atoms with van der Waals surface area (Å²) in [6, 6.07) is 12.6. The third kappa shape index (κ3) is 2.94. The van der Waals surface area contributed by atoms with Crippen LogP contribution in [0.15, 0.2) is 47.0 Å². The summed E-state index contributed by atoms with van der Waals surface area (Å²) in [5.74, 6) is -0.611. The van der Waals surface area contributed by atoms with Crippen LogP contribution in [0, 0.1) is 6.92 Å². The molecule has 0 saturated carbocycles. The van der Waals surface area contributed by atoms with Gasteiger partial charge in [0.1, 0.15) is 5.75 Å². The van der Waals surface area contributed by atoms with Crippen LogP contribution in [0.4, 0.5) is 0 Å². The first kappa shape index (κ1) is 16.6. The first-order valence-corrected chi connectivity index (χ1v) is 7.89. The summed E-state index contributed by atoms with van der Waals surface area (Å²) in [4.78, 5) is 11.9. The Morgan fingerprint density at radius 3 is 2.56 bits per heavy atom. The zero-order chi connectivity index (χ0) is 18.0. The number of carbonyl (C=O) groups is 1. The molecule has 0 unspecified atom stereocenters. The van der Waals surface area contributed by atoms with Crippen molar-refractivity contribution in [2.75, 3.05) is 6.54 Å². The number of hydrogen-bond acceptors (Lipinski definition) is 5. The Labute approximate surface area is 144 Å². The Balaban J connectivity index is 2.13. The molecule has 1 amide bonds. The summed E-state index contributed by atoms with van der Waals surface area (Å²) in [6.07, 6.45) is 0. The van der Waals surface area contributed by atoms with Gasteiger partial charge >= 0.3 is 0 Å². The van der Waals surface area contributed by atoms with Gasteiger partial charge in [0.25, 0.3) is 5.91 Å². The molecule has 0 bridgehead atoms. The molecule has 3 N–H and O–H groups in total. The molecule has 0 saturated heterocycles. The van der Waals surface area contributed by atoms with Crippen molar-refractivity contribution in [1.82, 2.24) is 10.5 Å². The molecule has 6 nitrogen and oxygen atoms in total. The Hall–Kier alpha value is -3.28. The van der Waals surface area contributed by atoms with Crippen molar-refractivity contribution < 1.29 is 19.5 Å². The third-order valence-corrected chi connectivity index (χ3v) is 3.97. The normalized spacial score (nSPS) is 10.6. The van der Waals surface area contributed by atoms with Gasteiger partial charge in [0.15, 0.2) is 5.75 Å². The zero-order valence-electron chi connectivity index (χ0n) is 13.9. The SMILES string of the molecule is CCNC(=O)c1noc(-c2ccc(O)c(-c3ccccc3)c2C)c1O. The summed E-state index contributed by atoms with van der Waals surface area (Å²) in [6.45, 7) is 3.99. The van der Waals surface area contributed by atoms with Gasteiger partial charge in [-0.3, -0.25) is 4.79 Å². The predicted molar refractivity (Wildman–Crippen MR) is 93.4 cm³/mol. The van der Waals surface area contributed by atoms with E-state index in [1.807, 2.05) is 37.3 Å². The molecule has 2 aromatic carbocycles. The second-order valence-electron chi connectivity index (χ2n) is 5.57.